The SMILES string of the molecule is CN(c1cc(-c2ccc3nc(Nc4cc(CN5CCNCC5)ccn4)[nH]c3c2)ncn1)C1CC1.Cl. The van der Waals surface area contributed by atoms with Gasteiger partial charge >= 0.3 is 0 Å². The van der Waals surface area contributed by atoms with Crippen molar-refractivity contribution < 1.29 is 0 Å². The first-order valence-corrected chi connectivity index (χ1v) is 11.9. The molecule has 2 aliphatic rings. The van der Waals surface area contributed by atoms with Crippen LogP contribution in [0.15, 0.2) is 48.9 Å². The number of anilines is 3. The number of hydrogen-bond acceptors (Lipinski definition) is 8. The Morgan fingerprint density at radius 2 is 1.91 bits per heavy atom. The molecule has 1 saturated carbocycles. The Morgan fingerprint density at radius 1 is 1.06 bits per heavy atom. The van der Waals surface area contributed by atoms with E-state index in [-0.39, 0.29) is 12.4 Å². The van der Waals surface area contributed by atoms with E-state index in [0.29, 0.717) is 12.0 Å². The van der Waals surface area contributed by atoms with E-state index in [0.717, 1.165) is 66.7 Å². The lowest BCUT2D eigenvalue weighted by Gasteiger charge is -2.27. The first kappa shape index (κ1) is 23.5. The molecule has 0 radical (unpaired) electrons. The van der Waals surface area contributed by atoms with Gasteiger partial charge in [0.25, 0.3) is 0 Å². The van der Waals surface area contributed by atoms with Crippen molar-refractivity contribution in [1.29, 1.82) is 0 Å². The van der Waals surface area contributed by atoms with Crippen molar-refractivity contribution in [3.05, 3.63) is 54.5 Å². The highest BCUT2D eigenvalue weighted by atomic mass is 35.5. The summed E-state index contributed by atoms with van der Waals surface area (Å²) in [6.45, 7) is 5.16. The molecule has 3 N–H and O–H groups in total. The average molecular weight is 492 g/mol. The minimum Gasteiger partial charge on any atom is -0.357 e. The first-order chi connectivity index (χ1) is 16.7. The molecule has 1 aliphatic carbocycles. The average Bonchev–Trinajstić information content (AvgIpc) is 3.64. The fourth-order valence-electron chi connectivity index (χ4n) is 4.46. The molecule has 0 bridgehead atoms. The maximum atomic E-state index is 4.70. The summed E-state index contributed by atoms with van der Waals surface area (Å²) >= 11 is 0. The van der Waals surface area contributed by atoms with Crippen LogP contribution in [0.5, 0.6) is 0 Å². The molecule has 1 saturated heterocycles. The van der Waals surface area contributed by atoms with Gasteiger partial charge in [0.05, 0.1) is 16.7 Å². The second-order valence-corrected chi connectivity index (χ2v) is 9.12. The monoisotopic (exact) mass is 491 g/mol. The zero-order valence-electron chi connectivity index (χ0n) is 19.7. The number of piperazine rings is 1. The minimum atomic E-state index is 0. The fraction of sp³-hybridized carbons (Fsp3) is 0.360. The lowest BCUT2D eigenvalue weighted by atomic mass is 10.1. The van der Waals surface area contributed by atoms with E-state index >= 15 is 0 Å². The van der Waals surface area contributed by atoms with E-state index in [9.17, 15) is 0 Å². The number of aromatic amines is 1. The van der Waals surface area contributed by atoms with Gasteiger partial charge in [-0.25, -0.2) is 19.9 Å². The molecule has 3 aromatic heterocycles. The van der Waals surface area contributed by atoms with Crippen LogP contribution in [-0.4, -0.2) is 69.1 Å². The number of rotatable bonds is 7. The smallest absolute Gasteiger partial charge is 0.206 e. The number of H-pyrrole nitrogens is 1. The van der Waals surface area contributed by atoms with Gasteiger partial charge in [0.1, 0.15) is 18.0 Å². The Balaban J connectivity index is 0.00000253. The number of halogens is 1. The Hall–Kier alpha value is -3.27. The second-order valence-electron chi connectivity index (χ2n) is 9.12. The Bertz CT molecular complexity index is 1300. The van der Waals surface area contributed by atoms with Crippen LogP contribution in [0.3, 0.4) is 0 Å². The Morgan fingerprint density at radius 3 is 2.74 bits per heavy atom. The lowest BCUT2D eigenvalue weighted by Crippen LogP contribution is -2.42. The van der Waals surface area contributed by atoms with Crippen LogP contribution in [-0.2, 0) is 6.54 Å². The molecular formula is C25H30ClN9. The predicted molar refractivity (Wildman–Crippen MR) is 141 cm³/mol. The number of nitrogens with one attached hydrogen (secondary N) is 3. The summed E-state index contributed by atoms with van der Waals surface area (Å²) in [4.78, 5) is 26.2. The van der Waals surface area contributed by atoms with E-state index < -0.39 is 0 Å². The van der Waals surface area contributed by atoms with Crippen LogP contribution >= 0.6 is 12.4 Å². The van der Waals surface area contributed by atoms with Gasteiger partial charge in [0, 0.05) is 63.6 Å². The van der Waals surface area contributed by atoms with Gasteiger partial charge in [0.15, 0.2) is 0 Å². The molecule has 4 heterocycles. The highest BCUT2D eigenvalue weighted by molar-refractivity contribution is 5.85. The summed E-state index contributed by atoms with van der Waals surface area (Å²) in [6.07, 6.45) is 5.97. The quantitative estimate of drug-likeness (QED) is 0.361. The summed E-state index contributed by atoms with van der Waals surface area (Å²) in [7, 11) is 2.10. The highest BCUT2D eigenvalue weighted by Gasteiger charge is 2.27. The molecule has 182 valence electrons. The number of fused-ring (bicyclic) bond motifs is 1. The van der Waals surface area contributed by atoms with Crippen LogP contribution in [0, 0.1) is 0 Å². The highest BCUT2D eigenvalue weighted by Crippen LogP contribution is 2.31. The zero-order chi connectivity index (χ0) is 22.9. The Labute approximate surface area is 210 Å². The molecule has 4 aromatic rings. The molecule has 0 unspecified atom stereocenters. The summed E-state index contributed by atoms with van der Waals surface area (Å²) in [5, 5.41) is 6.73. The molecule has 0 spiro atoms. The zero-order valence-corrected chi connectivity index (χ0v) is 20.6. The molecule has 6 rings (SSSR count). The van der Waals surface area contributed by atoms with Crippen LogP contribution in [0.2, 0.25) is 0 Å². The molecule has 2 fully saturated rings. The molecule has 0 atom stereocenters. The van der Waals surface area contributed by atoms with Crippen LogP contribution in [0.1, 0.15) is 18.4 Å². The van der Waals surface area contributed by atoms with Gasteiger partial charge in [-0.1, -0.05) is 6.07 Å². The van der Waals surface area contributed by atoms with Crippen molar-refractivity contribution in [3.8, 4) is 11.3 Å². The number of imidazole rings is 1. The third kappa shape index (κ3) is 5.37. The van der Waals surface area contributed by atoms with Crippen molar-refractivity contribution in [2.24, 2.45) is 0 Å². The molecule has 9 nitrogen and oxygen atoms in total. The lowest BCUT2D eigenvalue weighted by molar-refractivity contribution is 0.233. The number of nitrogens with zero attached hydrogens (tertiary/aromatic N) is 6. The van der Waals surface area contributed by atoms with Crippen molar-refractivity contribution in [2.45, 2.75) is 25.4 Å². The minimum absolute atomic E-state index is 0. The summed E-state index contributed by atoms with van der Waals surface area (Å²) in [5.74, 6) is 2.43. The van der Waals surface area contributed by atoms with Crippen LogP contribution < -0.4 is 15.5 Å². The van der Waals surface area contributed by atoms with Crippen LogP contribution in [0.25, 0.3) is 22.3 Å². The molecule has 10 heteroatoms. The second kappa shape index (κ2) is 10.2. The van der Waals surface area contributed by atoms with Gasteiger partial charge in [0.2, 0.25) is 5.95 Å². The van der Waals surface area contributed by atoms with Crippen molar-refractivity contribution in [3.63, 3.8) is 0 Å². The maximum absolute atomic E-state index is 4.70. The van der Waals surface area contributed by atoms with Crippen molar-refractivity contribution in [2.75, 3.05) is 43.4 Å². The first-order valence-electron chi connectivity index (χ1n) is 11.9. The summed E-state index contributed by atoms with van der Waals surface area (Å²) < 4.78 is 0. The summed E-state index contributed by atoms with van der Waals surface area (Å²) in [5.41, 5.74) is 5.03. The number of pyridine rings is 1. The maximum Gasteiger partial charge on any atom is 0.206 e. The van der Waals surface area contributed by atoms with Gasteiger partial charge in [-0.2, -0.15) is 0 Å². The topological polar surface area (TPSA) is 97.9 Å². The molecule has 35 heavy (non-hydrogen) atoms. The Kier molecular flexibility index (Phi) is 6.81. The third-order valence-electron chi connectivity index (χ3n) is 6.57. The fourth-order valence-corrected chi connectivity index (χ4v) is 4.46. The molecule has 0 amide bonds. The molecule has 1 aliphatic heterocycles. The van der Waals surface area contributed by atoms with E-state index in [1.165, 1.54) is 18.4 Å². The van der Waals surface area contributed by atoms with Crippen molar-refractivity contribution in [1.82, 2.24) is 35.1 Å². The van der Waals surface area contributed by atoms with E-state index in [4.69, 9.17) is 4.98 Å². The van der Waals surface area contributed by atoms with E-state index in [1.807, 2.05) is 12.3 Å². The van der Waals surface area contributed by atoms with Gasteiger partial charge < -0.3 is 20.5 Å². The standard InChI is InChI=1S/C25H29N9.ClH/c1-33(19-3-4-19)24-14-21(28-16-29-24)18-2-5-20-22(13-18)31-25(30-20)32-23-12-17(6-7-27-23)15-34-10-8-26-9-11-34;/h2,5-7,12-14,16,19,26H,3-4,8-11,15H2,1H3,(H2,27,30,31,32);1H. The predicted octanol–water partition coefficient (Wildman–Crippen LogP) is 3.58. The molecule has 1 aromatic carbocycles. The van der Waals surface area contributed by atoms with Gasteiger partial charge in [-0.05, 0) is 42.7 Å². The van der Waals surface area contributed by atoms with E-state index in [2.05, 4.69) is 77.7 Å². The largest absolute Gasteiger partial charge is 0.357 e. The normalized spacial score (nSPS) is 16.1. The van der Waals surface area contributed by atoms with Crippen molar-refractivity contribution >= 4 is 41.0 Å². The number of aromatic nitrogens is 5. The number of hydrogen-bond donors (Lipinski definition) is 3. The van der Waals surface area contributed by atoms with E-state index in [1.54, 1.807) is 6.33 Å². The third-order valence-corrected chi connectivity index (χ3v) is 6.57. The number of benzene rings is 1. The van der Waals surface area contributed by atoms with Crippen LogP contribution in [0.4, 0.5) is 17.6 Å². The summed E-state index contributed by atoms with van der Waals surface area (Å²) in [6, 6.07) is 13.0. The van der Waals surface area contributed by atoms with Gasteiger partial charge in [-0.15, -0.1) is 12.4 Å². The van der Waals surface area contributed by atoms with Gasteiger partial charge in [-0.3, -0.25) is 4.90 Å². The molecular weight excluding hydrogens is 462 g/mol.